The maximum absolute atomic E-state index is 13.3. The lowest BCUT2D eigenvalue weighted by atomic mass is 9.68. The molecule has 0 saturated heterocycles. The van der Waals surface area contributed by atoms with Crippen LogP contribution in [0.2, 0.25) is 0 Å². The average Bonchev–Trinajstić information content (AvgIpc) is 2.40. The molecule has 2 rings (SSSR count). The van der Waals surface area contributed by atoms with Crippen LogP contribution >= 0.6 is 0 Å². The highest BCUT2D eigenvalue weighted by molar-refractivity contribution is 5.35. The normalized spacial score (nSPS) is 21.6. The molecule has 0 spiro atoms. The van der Waals surface area contributed by atoms with Crippen LogP contribution in [0.4, 0.5) is 8.78 Å². The molecule has 0 radical (unpaired) electrons. The molecule has 1 aliphatic carbocycles. The van der Waals surface area contributed by atoms with Gasteiger partial charge in [0.05, 0.1) is 7.11 Å². The van der Waals surface area contributed by atoms with Crippen molar-refractivity contribution in [3.8, 4) is 5.88 Å². The van der Waals surface area contributed by atoms with E-state index in [0.717, 1.165) is 5.56 Å². The summed E-state index contributed by atoms with van der Waals surface area (Å²) in [5.41, 5.74) is 6.28. The van der Waals surface area contributed by atoms with E-state index in [0.29, 0.717) is 25.3 Å². The second-order valence-corrected chi connectivity index (χ2v) is 4.90. The summed E-state index contributed by atoms with van der Waals surface area (Å²) in [6.45, 7) is 0.338. The van der Waals surface area contributed by atoms with Gasteiger partial charge in [0, 0.05) is 36.6 Å². The molecule has 0 unspecified atom stereocenters. The highest BCUT2D eigenvalue weighted by atomic mass is 19.3. The standard InChI is InChI=1S/C13H18F2N2O/c1-18-11-10(3-2-8-17-11)12(9-16)4-6-13(14,15)7-5-12/h2-3,8H,4-7,9,16H2,1H3. The van der Waals surface area contributed by atoms with Crippen molar-refractivity contribution in [1.82, 2.24) is 4.98 Å². The minimum Gasteiger partial charge on any atom is -0.481 e. The number of ether oxygens (including phenoxy) is 1. The molecule has 1 fully saturated rings. The van der Waals surface area contributed by atoms with Gasteiger partial charge in [0.2, 0.25) is 11.8 Å². The molecule has 1 aromatic rings. The van der Waals surface area contributed by atoms with Crippen LogP contribution in [0.5, 0.6) is 5.88 Å². The van der Waals surface area contributed by atoms with E-state index in [1.807, 2.05) is 6.07 Å². The number of aromatic nitrogens is 1. The van der Waals surface area contributed by atoms with Crippen LogP contribution < -0.4 is 10.5 Å². The summed E-state index contributed by atoms with van der Waals surface area (Å²) in [6, 6.07) is 3.67. The summed E-state index contributed by atoms with van der Waals surface area (Å²) in [5, 5.41) is 0. The van der Waals surface area contributed by atoms with E-state index in [1.165, 1.54) is 7.11 Å². The van der Waals surface area contributed by atoms with Crippen molar-refractivity contribution in [2.24, 2.45) is 5.73 Å². The topological polar surface area (TPSA) is 48.1 Å². The Morgan fingerprint density at radius 1 is 1.33 bits per heavy atom. The molecule has 1 aliphatic rings. The van der Waals surface area contributed by atoms with E-state index in [2.05, 4.69) is 4.98 Å². The first-order valence-corrected chi connectivity index (χ1v) is 6.10. The van der Waals surface area contributed by atoms with Gasteiger partial charge in [-0.15, -0.1) is 0 Å². The lowest BCUT2D eigenvalue weighted by Gasteiger charge is -2.39. The third-order valence-corrected chi connectivity index (χ3v) is 3.87. The Balaban J connectivity index is 2.33. The molecule has 2 N–H and O–H groups in total. The number of alkyl halides is 2. The zero-order valence-electron chi connectivity index (χ0n) is 10.5. The van der Waals surface area contributed by atoms with Crippen LogP contribution in [0.15, 0.2) is 18.3 Å². The average molecular weight is 256 g/mol. The van der Waals surface area contributed by atoms with Crippen molar-refractivity contribution in [2.75, 3.05) is 13.7 Å². The largest absolute Gasteiger partial charge is 0.481 e. The summed E-state index contributed by atoms with van der Waals surface area (Å²) >= 11 is 0. The van der Waals surface area contributed by atoms with E-state index >= 15 is 0 Å². The molecule has 0 aromatic carbocycles. The van der Waals surface area contributed by atoms with Gasteiger partial charge in [0.15, 0.2) is 0 Å². The molecule has 3 nitrogen and oxygen atoms in total. The first-order valence-electron chi connectivity index (χ1n) is 6.10. The number of pyridine rings is 1. The molecule has 0 aliphatic heterocycles. The van der Waals surface area contributed by atoms with Crippen LogP contribution in [-0.2, 0) is 5.41 Å². The Morgan fingerprint density at radius 2 is 2.00 bits per heavy atom. The fraction of sp³-hybridized carbons (Fsp3) is 0.615. The van der Waals surface area contributed by atoms with E-state index in [9.17, 15) is 8.78 Å². The molecule has 18 heavy (non-hydrogen) atoms. The Kier molecular flexibility index (Phi) is 3.52. The first kappa shape index (κ1) is 13.2. The number of halogens is 2. The van der Waals surface area contributed by atoms with E-state index in [-0.39, 0.29) is 12.8 Å². The van der Waals surface area contributed by atoms with Crippen molar-refractivity contribution in [2.45, 2.75) is 37.0 Å². The molecule has 1 aromatic heterocycles. The molecule has 1 saturated carbocycles. The smallest absolute Gasteiger partial charge is 0.248 e. The Morgan fingerprint density at radius 3 is 2.56 bits per heavy atom. The maximum atomic E-state index is 13.3. The van der Waals surface area contributed by atoms with Crippen molar-refractivity contribution in [3.63, 3.8) is 0 Å². The van der Waals surface area contributed by atoms with Gasteiger partial charge < -0.3 is 10.5 Å². The van der Waals surface area contributed by atoms with Gasteiger partial charge in [0.1, 0.15) is 0 Å². The molecule has 5 heteroatoms. The van der Waals surface area contributed by atoms with Crippen molar-refractivity contribution < 1.29 is 13.5 Å². The van der Waals surface area contributed by atoms with Crippen LogP contribution in [0, 0.1) is 0 Å². The maximum Gasteiger partial charge on any atom is 0.248 e. The van der Waals surface area contributed by atoms with Gasteiger partial charge in [-0.1, -0.05) is 6.07 Å². The van der Waals surface area contributed by atoms with Crippen molar-refractivity contribution >= 4 is 0 Å². The Labute approximate surface area is 105 Å². The van der Waals surface area contributed by atoms with Crippen LogP contribution in [-0.4, -0.2) is 24.6 Å². The zero-order chi connectivity index (χ0) is 13.2. The van der Waals surface area contributed by atoms with Gasteiger partial charge in [-0.05, 0) is 18.9 Å². The second-order valence-electron chi connectivity index (χ2n) is 4.90. The molecule has 0 amide bonds. The third-order valence-electron chi connectivity index (χ3n) is 3.87. The number of nitrogens with two attached hydrogens (primary N) is 1. The summed E-state index contributed by atoms with van der Waals surface area (Å²) in [6.07, 6.45) is 2.13. The monoisotopic (exact) mass is 256 g/mol. The van der Waals surface area contributed by atoms with Gasteiger partial charge in [-0.3, -0.25) is 0 Å². The number of hydrogen-bond donors (Lipinski definition) is 1. The molecule has 0 bridgehead atoms. The fourth-order valence-corrected chi connectivity index (χ4v) is 2.63. The first-order chi connectivity index (χ1) is 8.53. The van der Waals surface area contributed by atoms with Gasteiger partial charge in [-0.25, -0.2) is 13.8 Å². The van der Waals surface area contributed by atoms with Gasteiger partial charge in [-0.2, -0.15) is 0 Å². The zero-order valence-corrected chi connectivity index (χ0v) is 10.5. The molecule has 1 heterocycles. The number of rotatable bonds is 3. The number of hydrogen-bond acceptors (Lipinski definition) is 3. The Bertz CT molecular complexity index is 413. The Hall–Kier alpha value is -1.23. The van der Waals surface area contributed by atoms with Gasteiger partial charge in [0.25, 0.3) is 0 Å². The minimum atomic E-state index is -2.56. The number of methoxy groups -OCH3 is 1. The highest BCUT2D eigenvalue weighted by Gasteiger charge is 2.44. The summed E-state index contributed by atoms with van der Waals surface area (Å²) in [5.74, 6) is -2.07. The summed E-state index contributed by atoms with van der Waals surface area (Å²) < 4.78 is 31.8. The predicted octanol–water partition coefficient (Wildman–Crippen LogP) is 2.50. The van der Waals surface area contributed by atoms with Crippen molar-refractivity contribution in [3.05, 3.63) is 23.9 Å². The SMILES string of the molecule is COc1ncccc1C1(CN)CCC(F)(F)CC1. The third kappa shape index (κ3) is 2.32. The molecule has 100 valence electrons. The van der Waals surface area contributed by atoms with Gasteiger partial charge >= 0.3 is 0 Å². The predicted molar refractivity (Wildman–Crippen MR) is 64.9 cm³/mol. The molecular weight excluding hydrogens is 238 g/mol. The van der Waals surface area contributed by atoms with Crippen molar-refractivity contribution in [1.29, 1.82) is 0 Å². The van der Waals surface area contributed by atoms with Crippen LogP contribution in [0.1, 0.15) is 31.2 Å². The summed E-state index contributed by atoms with van der Waals surface area (Å²) in [7, 11) is 1.54. The quantitative estimate of drug-likeness (QED) is 0.903. The van der Waals surface area contributed by atoms with E-state index < -0.39 is 11.3 Å². The van der Waals surface area contributed by atoms with E-state index in [4.69, 9.17) is 10.5 Å². The van der Waals surface area contributed by atoms with E-state index in [1.54, 1.807) is 12.3 Å². The van der Waals surface area contributed by atoms with Crippen LogP contribution in [0.3, 0.4) is 0 Å². The highest BCUT2D eigenvalue weighted by Crippen LogP contribution is 2.46. The summed E-state index contributed by atoms with van der Waals surface area (Å²) in [4.78, 5) is 4.14. The minimum absolute atomic E-state index is 0.123. The molecule has 0 atom stereocenters. The lowest BCUT2D eigenvalue weighted by Crippen LogP contribution is -2.42. The lowest BCUT2D eigenvalue weighted by molar-refractivity contribution is -0.0512. The number of nitrogens with zero attached hydrogens (tertiary/aromatic N) is 1. The second kappa shape index (κ2) is 4.80. The van der Waals surface area contributed by atoms with Crippen LogP contribution in [0.25, 0.3) is 0 Å². The fourth-order valence-electron chi connectivity index (χ4n) is 2.63. The molecular formula is C13H18F2N2O.